The van der Waals surface area contributed by atoms with Crippen LogP contribution in [0.15, 0.2) is 59.8 Å². The Hall–Kier alpha value is -2.54. The number of ether oxygens (including phenoxy) is 3. The molecule has 8 heteroatoms. The fourth-order valence-electron chi connectivity index (χ4n) is 4.54. The van der Waals surface area contributed by atoms with Crippen molar-refractivity contribution in [3.8, 4) is 5.75 Å². The van der Waals surface area contributed by atoms with Gasteiger partial charge in [-0.3, -0.25) is 4.79 Å². The first-order valence-corrected chi connectivity index (χ1v) is 12.7. The lowest BCUT2D eigenvalue weighted by Gasteiger charge is -2.35. The quantitative estimate of drug-likeness (QED) is 0.326. The van der Waals surface area contributed by atoms with Crippen LogP contribution in [0.2, 0.25) is 5.02 Å². The Morgan fingerprint density at radius 2 is 1.89 bits per heavy atom. The molecule has 0 aromatic heterocycles. The van der Waals surface area contributed by atoms with Gasteiger partial charge in [-0.05, 0) is 55.2 Å². The molecule has 186 valence electrons. The first kappa shape index (κ1) is 25.5. The van der Waals surface area contributed by atoms with Crippen LogP contribution in [0.25, 0.3) is 0 Å². The number of carbonyl (C=O) groups is 2. The summed E-state index contributed by atoms with van der Waals surface area (Å²) in [6.45, 7) is 3.50. The van der Waals surface area contributed by atoms with E-state index in [9.17, 15) is 9.59 Å². The van der Waals surface area contributed by atoms with Gasteiger partial charge in [0.25, 0.3) is 0 Å². The number of rotatable bonds is 9. The molecule has 0 aliphatic carbocycles. The molecule has 0 bridgehead atoms. The van der Waals surface area contributed by atoms with Gasteiger partial charge >= 0.3 is 5.97 Å². The van der Waals surface area contributed by atoms with Gasteiger partial charge in [0.15, 0.2) is 0 Å². The highest BCUT2D eigenvalue weighted by molar-refractivity contribution is 6.30. The molecular weight excluding hydrogens is 489 g/mol. The lowest BCUT2D eigenvalue weighted by molar-refractivity contribution is -0.141. The van der Waals surface area contributed by atoms with Crippen LogP contribution in [0, 0.1) is 0 Å². The van der Waals surface area contributed by atoms with Crippen molar-refractivity contribution >= 4 is 35.1 Å². The average Bonchev–Trinajstić information content (AvgIpc) is 3.38. The highest BCUT2D eigenvalue weighted by atomic mass is 35.5. The third-order valence-corrected chi connectivity index (χ3v) is 6.77. The maximum absolute atomic E-state index is 13.4. The van der Waals surface area contributed by atoms with Crippen LogP contribution in [-0.2, 0) is 25.7 Å². The molecule has 1 saturated heterocycles. The van der Waals surface area contributed by atoms with E-state index in [2.05, 4.69) is 0 Å². The third-order valence-electron chi connectivity index (χ3n) is 6.36. The highest BCUT2D eigenvalue weighted by Crippen LogP contribution is 2.38. The molecule has 2 unspecified atom stereocenters. The minimum Gasteiger partial charge on any atom is -0.492 e. The summed E-state index contributed by atoms with van der Waals surface area (Å²) in [5.74, 6) is 0.253. The molecule has 2 heterocycles. The number of alkyl halides is 1. The standard InChI is InChI=1S/C27H29Cl2NO5/c1-18-26(27(32)35-17-19-4-10-22(11-5-19)34-14-12-28)24(20-6-8-21(29)9-7-20)15-25(31)30(18)16-23-3-2-13-33-23/h4-11,23-24H,2-3,12-17H2,1H3. The van der Waals surface area contributed by atoms with Gasteiger partial charge < -0.3 is 19.1 Å². The molecule has 6 nitrogen and oxygen atoms in total. The molecular formula is C27H29Cl2NO5. The van der Waals surface area contributed by atoms with Crippen molar-refractivity contribution in [3.63, 3.8) is 0 Å². The molecule has 0 spiro atoms. The lowest BCUT2D eigenvalue weighted by Crippen LogP contribution is -2.42. The van der Waals surface area contributed by atoms with Gasteiger partial charge in [0.2, 0.25) is 5.91 Å². The predicted octanol–water partition coefficient (Wildman–Crippen LogP) is 5.47. The van der Waals surface area contributed by atoms with Crippen LogP contribution in [0.5, 0.6) is 5.75 Å². The molecule has 4 rings (SSSR count). The Kier molecular flexibility index (Phi) is 8.71. The summed E-state index contributed by atoms with van der Waals surface area (Å²) in [5, 5.41) is 0.596. The fourth-order valence-corrected chi connectivity index (χ4v) is 4.74. The van der Waals surface area contributed by atoms with E-state index in [-0.39, 0.29) is 25.0 Å². The van der Waals surface area contributed by atoms with Crippen LogP contribution < -0.4 is 4.74 Å². The van der Waals surface area contributed by atoms with Crippen molar-refractivity contribution in [2.24, 2.45) is 0 Å². The highest BCUT2D eigenvalue weighted by Gasteiger charge is 2.38. The van der Waals surface area contributed by atoms with Gasteiger partial charge in [-0.25, -0.2) is 4.79 Å². The Morgan fingerprint density at radius 1 is 1.14 bits per heavy atom. The molecule has 0 N–H and O–H groups in total. The minimum atomic E-state index is -0.435. The molecule has 2 aromatic rings. The summed E-state index contributed by atoms with van der Waals surface area (Å²) in [4.78, 5) is 28.2. The van der Waals surface area contributed by atoms with Gasteiger partial charge in [0.05, 0.1) is 24.1 Å². The molecule has 1 amide bonds. The van der Waals surface area contributed by atoms with E-state index in [1.807, 2.05) is 43.3 Å². The zero-order valence-corrected chi connectivity index (χ0v) is 21.2. The van der Waals surface area contributed by atoms with Crippen LogP contribution in [0.3, 0.4) is 0 Å². The van der Waals surface area contributed by atoms with Crippen molar-refractivity contribution in [1.82, 2.24) is 4.90 Å². The number of benzene rings is 2. The predicted molar refractivity (Wildman–Crippen MR) is 135 cm³/mol. The molecule has 35 heavy (non-hydrogen) atoms. The van der Waals surface area contributed by atoms with Crippen molar-refractivity contribution < 1.29 is 23.8 Å². The molecule has 2 aliphatic rings. The first-order valence-electron chi connectivity index (χ1n) is 11.8. The van der Waals surface area contributed by atoms with Crippen LogP contribution in [-0.4, -0.2) is 48.5 Å². The maximum Gasteiger partial charge on any atom is 0.336 e. The van der Waals surface area contributed by atoms with Crippen molar-refractivity contribution in [2.45, 2.75) is 44.8 Å². The third kappa shape index (κ3) is 6.37. The molecule has 0 radical (unpaired) electrons. The SMILES string of the molecule is CC1=C(C(=O)OCc2ccc(OCCCl)cc2)C(c2ccc(Cl)cc2)CC(=O)N1CC1CCCO1. The average molecular weight is 518 g/mol. The summed E-state index contributed by atoms with van der Waals surface area (Å²) in [6.07, 6.45) is 2.05. The molecule has 2 atom stereocenters. The van der Waals surface area contributed by atoms with E-state index in [4.69, 9.17) is 37.4 Å². The van der Waals surface area contributed by atoms with E-state index >= 15 is 0 Å². The Labute approximate surface area is 215 Å². The van der Waals surface area contributed by atoms with Crippen molar-refractivity contribution in [3.05, 3.63) is 76.0 Å². The number of amides is 1. The van der Waals surface area contributed by atoms with Crippen molar-refractivity contribution in [1.29, 1.82) is 0 Å². The summed E-state index contributed by atoms with van der Waals surface area (Å²) in [5.41, 5.74) is 2.80. The second kappa shape index (κ2) is 11.9. The van der Waals surface area contributed by atoms with E-state index in [1.165, 1.54) is 0 Å². The summed E-state index contributed by atoms with van der Waals surface area (Å²) < 4.78 is 17.0. The normalized spacial score (nSPS) is 20.3. The van der Waals surface area contributed by atoms with E-state index < -0.39 is 11.9 Å². The lowest BCUT2D eigenvalue weighted by atomic mass is 9.83. The topological polar surface area (TPSA) is 65.1 Å². The first-order chi connectivity index (χ1) is 17.0. The Morgan fingerprint density at radius 3 is 2.54 bits per heavy atom. The number of hydrogen-bond donors (Lipinski definition) is 0. The molecule has 1 fully saturated rings. The molecule has 0 saturated carbocycles. The second-order valence-corrected chi connectivity index (χ2v) is 9.52. The summed E-state index contributed by atoms with van der Waals surface area (Å²) >= 11 is 11.7. The van der Waals surface area contributed by atoms with Crippen LogP contribution >= 0.6 is 23.2 Å². The number of hydrogen-bond acceptors (Lipinski definition) is 5. The Balaban J connectivity index is 1.55. The van der Waals surface area contributed by atoms with Crippen molar-refractivity contribution in [2.75, 3.05) is 25.6 Å². The smallest absolute Gasteiger partial charge is 0.336 e. The number of esters is 1. The number of nitrogens with zero attached hydrogens (tertiary/aromatic N) is 1. The fraction of sp³-hybridized carbons (Fsp3) is 0.407. The Bertz CT molecular complexity index is 1060. The molecule has 2 aliphatic heterocycles. The van der Waals surface area contributed by atoms with Gasteiger partial charge in [0, 0.05) is 29.7 Å². The van der Waals surface area contributed by atoms with Crippen LogP contribution in [0.4, 0.5) is 0 Å². The van der Waals surface area contributed by atoms with Gasteiger partial charge in [-0.15, -0.1) is 11.6 Å². The van der Waals surface area contributed by atoms with Gasteiger partial charge in [-0.1, -0.05) is 35.9 Å². The monoisotopic (exact) mass is 517 g/mol. The number of carbonyl (C=O) groups excluding carboxylic acids is 2. The summed E-state index contributed by atoms with van der Waals surface area (Å²) in [7, 11) is 0. The second-order valence-electron chi connectivity index (χ2n) is 8.70. The number of halogens is 2. The largest absolute Gasteiger partial charge is 0.492 e. The van der Waals surface area contributed by atoms with E-state index in [0.717, 1.165) is 24.0 Å². The van der Waals surface area contributed by atoms with Gasteiger partial charge in [-0.2, -0.15) is 0 Å². The zero-order valence-electron chi connectivity index (χ0n) is 19.7. The van der Waals surface area contributed by atoms with E-state index in [0.29, 0.717) is 47.7 Å². The van der Waals surface area contributed by atoms with Gasteiger partial charge in [0.1, 0.15) is 19.0 Å². The minimum absolute atomic E-state index is 0.0159. The molecule has 2 aromatic carbocycles. The summed E-state index contributed by atoms with van der Waals surface area (Å²) in [6, 6.07) is 14.6. The number of allylic oxidation sites excluding steroid dienone is 1. The zero-order chi connectivity index (χ0) is 24.8. The van der Waals surface area contributed by atoms with Crippen LogP contribution in [0.1, 0.15) is 43.2 Å². The maximum atomic E-state index is 13.4. The van der Waals surface area contributed by atoms with E-state index in [1.54, 1.807) is 17.0 Å².